The molecule has 10 heteroatoms. The van der Waals surface area contributed by atoms with Gasteiger partial charge in [-0.3, -0.25) is 9.59 Å². The van der Waals surface area contributed by atoms with E-state index in [-0.39, 0.29) is 17.4 Å². The molecule has 5 N–H and O–H groups in total. The number of amides is 2. The first-order chi connectivity index (χ1) is 13.8. The van der Waals surface area contributed by atoms with Crippen molar-refractivity contribution < 1.29 is 9.59 Å². The van der Waals surface area contributed by atoms with Crippen LogP contribution in [-0.2, 0) is 0 Å². The van der Waals surface area contributed by atoms with Crippen LogP contribution in [0.5, 0.6) is 0 Å². The number of carbonyl (C=O) groups excluding carboxylic acids is 2. The Labute approximate surface area is 182 Å². The summed E-state index contributed by atoms with van der Waals surface area (Å²) in [6.07, 6.45) is 2.38. The lowest BCUT2D eigenvalue weighted by Crippen LogP contribution is -2.33. The Balaban J connectivity index is 1.87. The average Bonchev–Trinajstić information content (AvgIpc) is 3.29. The maximum atomic E-state index is 12.7. The maximum absolute atomic E-state index is 12.7. The molecular weight excluding hydrogens is 433 g/mol. The van der Waals surface area contributed by atoms with Crippen LogP contribution in [0.1, 0.15) is 33.6 Å². The van der Waals surface area contributed by atoms with Gasteiger partial charge in [-0.2, -0.15) is 4.99 Å². The van der Waals surface area contributed by atoms with Gasteiger partial charge in [-0.15, -0.1) is 11.3 Å². The summed E-state index contributed by atoms with van der Waals surface area (Å²) in [6, 6.07) is 6.40. The molecular formula is C19H21Cl2N5O2S. The van der Waals surface area contributed by atoms with Crippen molar-refractivity contribution in [3.8, 4) is 11.1 Å². The summed E-state index contributed by atoms with van der Waals surface area (Å²) < 4.78 is 0.962. The lowest BCUT2D eigenvalue weighted by Gasteiger charge is -2.15. The minimum absolute atomic E-state index is 0.180. The van der Waals surface area contributed by atoms with Gasteiger partial charge in [0.1, 0.15) is 4.34 Å². The molecule has 3 rings (SSSR count). The Morgan fingerprint density at radius 1 is 1.10 bits per heavy atom. The second-order valence-electron chi connectivity index (χ2n) is 6.68. The van der Waals surface area contributed by atoms with Gasteiger partial charge < -0.3 is 21.7 Å². The number of hydrogen-bond donors (Lipinski definition) is 3. The van der Waals surface area contributed by atoms with Crippen LogP contribution >= 0.6 is 34.5 Å². The maximum Gasteiger partial charge on any atom is 0.280 e. The van der Waals surface area contributed by atoms with Gasteiger partial charge in [0.15, 0.2) is 5.96 Å². The van der Waals surface area contributed by atoms with Gasteiger partial charge in [0.25, 0.3) is 11.8 Å². The third-order valence-electron chi connectivity index (χ3n) is 4.55. The number of halogens is 2. The smallest absolute Gasteiger partial charge is 0.280 e. The standard InChI is InChI=1S/C19H21Cl2N5O2S/c20-15-10-14(16(21)29-15)11-7-12(9-13(8-11)18(28)25-19(22)23)17(27)24-3-6-26-4-1-2-5-26/h7-10H,1-6H2,(H,24,27)(H4,22,23,25,28). The van der Waals surface area contributed by atoms with Gasteiger partial charge in [0, 0.05) is 29.8 Å². The van der Waals surface area contributed by atoms with E-state index in [2.05, 4.69) is 15.2 Å². The minimum atomic E-state index is -0.643. The summed E-state index contributed by atoms with van der Waals surface area (Å²) in [4.78, 5) is 30.9. The zero-order chi connectivity index (χ0) is 21.0. The van der Waals surface area contributed by atoms with E-state index in [4.69, 9.17) is 34.7 Å². The molecule has 29 heavy (non-hydrogen) atoms. The lowest BCUT2D eigenvalue weighted by molar-refractivity contribution is 0.0949. The normalized spacial score (nSPS) is 14.0. The lowest BCUT2D eigenvalue weighted by atomic mass is 10.0. The number of likely N-dealkylation sites (tertiary alicyclic amines) is 1. The number of nitrogens with one attached hydrogen (secondary N) is 1. The molecule has 1 aromatic carbocycles. The van der Waals surface area contributed by atoms with Crippen LogP contribution in [0.4, 0.5) is 0 Å². The van der Waals surface area contributed by atoms with E-state index in [0.717, 1.165) is 19.6 Å². The summed E-state index contributed by atoms with van der Waals surface area (Å²) in [7, 11) is 0. The second kappa shape index (κ2) is 9.58. The highest BCUT2D eigenvalue weighted by molar-refractivity contribution is 7.20. The van der Waals surface area contributed by atoms with E-state index in [9.17, 15) is 9.59 Å². The molecule has 0 spiro atoms. The zero-order valence-corrected chi connectivity index (χ0v) is 17.9. The number of thiophene rings is 1. The van der Waals surface area contributed by atoms with Gasteiger partial charge in [-0.25, -0.2) is 0 Å². The molecule has 0 saturated carbocycles. The summed E-state index contributed by atoms with van der Waals surface area (Å²) in [5.41, 5.74) is 12.3. The van der Waals surface area contributed by atoms with E-state index >= 15 is 0 Å². The van der Waals surface area contributed by atoms with Crippen LogP contribution in [-0.4, -0.2) is 48.9 Å². The highest BCUT2D eigenvalue weighted by Gasteiger charge is 2.17. The number of guanidine groups is 1. The molecule has 1 fully saturated rings. The molecule has 1 aliphatic rings. The Hall–Kier alpha value is -2.13. The summed E-state index contributed by atoms with van der Waals surface area (Å²) in [5.74, 6) is -1.29. The minimum Gasteiger partial charge on any atom is -0.370 e. The highest BCUT2D eigenvalue weighted by atomic mass is 35.5. The number of benzene rings is 1. The van der Waals surface area contributed by atoms with Crippen molar-refractivity contribution in [2.24, 2.45) is 16.5 Å². The predicted molar refractivity (Wildman–Crippen MR) is 118 cm³/mol. The summed E-state index contributed by atoms with van der Waals surface area (Å²) in [6.45, 7) is 3.42. The zero-order valence-electron chi connectivity index (χ0n) is 15.6. The fourth-order valence-electron chi connectivity index (χ4n) is 3.19. The van der Waals surface area contributed by atoms with Gasteiger partial charge in [0.2, 0.25) is 0 Å². The molecule has 2 amide bonds. The van der Waals surface area contributed by atoms with Crippen LogP contribution < -0.4 is 16.8 Å². The topological polar surface area (TPSA) is 114 Å². The van der Waals surface area contributed by atoms with Crippen molar-refractivity contribution in [2.75, 3.05) is 26.2 Å². The van der Waals surface area contributed by atoms with Crippen LogP contribution in [0.2, 0.25) is 8.67 Å². The number of nitrogens with zero attached hydrogens (tertiary/aromatic N) is 2. The summed E-state index contributed by atoms with van der Waals surface area (Å²) in [5, 5.41) is 2.90. The molecule has 0 aliphatic carbocycles. The SMILES string of the molecule is NC(N)=NC(=O)c1cc(C(=O)NCCN2CCCC2)cc(-c2cc(Cl)sc2Cl)c1. The molecule has 0 unspecified atom stereocenters. The first kappa shape index (κ1) is 21.6. The van der Waals surface area contributed by atoms with Crippen LogP contribution in [0, 0.1) is 0 Å². The molecule has 2 heterocycles. The number of carbonyl (C=O) groups is 2. The van der Waals surface area contributed by atoms with Gasteiger partial charge in [-0.05, 0) is 55.8 Å². The van der Waals surface area contributed by atoms with Crippen molar-refractivity contribution in [1.29, 1.82) is 0 Å². The third-order valence-corrected chi connectivity index (χ3v) is 6.04. The quantitative estimate of drug-likeness (QED) is 0.459. The fourth-order valence-corrected chi connectivity index (χ4v) is 4.70. The van der Waals surface area contributed by atoms with Gasteiger partial charge in [-0.1, -0.05) is 23.2 Å². The van der Waals surface area contributed by atoms with Gasteiger partial charge in [0.05, 0.1) is 4.34 Å². The van der Waals surface area contributed by atoms with Crippen molar-refractivity contribution >= 4 is 52.3 Å². The van der Waals surface area contributed by atoms with Gasteiger partial charge >= 0.3 is 0 Å². The Bertz CT molecular complexity index is 950. The number of nitrogens with two attached hydrogens (primary N) is 2. The first-order valence-corrected chi connectivity index (χ1v) is 10.7. The fraction of sp³-hybridized carbons (Fsp3) is 0.316. The van der Waals surface area contributed by atoms with Crippen LogP contribution in [0.15, 0.2) is 29.3 Å². The molecule has 1 saturated heterocycles. The number of aliphatic imine (C=N–C) groups is 1. The molecule has 154 valence electrons. The van der Waals surface area contributed by atoms with Crippen molar-refractivity contribution in [3.63, 3.8) is 0 Å². The second-order valence-corrected chi connectivity index (χ2v) is 8.97. The van der Waals surface area contributed by atoms with Crippen molar-refractivity contribution in [2.45, 2.75) is 12.8 Å². The summed E-state index contributed by atoms with van der Waals surface area (Å²) >= 11 is 13.5. The monoisotopic (exact) mass is 453 g/mol. The third kappa shape index (κ3) is 5.70. The van der Waals surface area contributed by atoms with E-state index < -0.39 is 5.91 Å². The molecule has 0 radical (unpaired) electrons. The number of rotatable bonds is 6. The molecule has 0 atom stereocenters. The Morgan fingerprint density at radius 3 is 2.41 bits per heavy atom. The molecule has 7 nitrogen and oxygen atoms in total. The van der Waals surface area contributed by atoms with Crippen molar-refractivity contribution in [3.05, 3.63) is 44.1 Å². The van der Waals surface area contributed by atoms with Crippen LogP contribution in [0.3, 0.4) is 0 Å². The largest absolute Gasteiger partial charge is 0.370 e. The van der Waals surface area contributed by atoms with E-state index in [1.54, 1.807) is 18.2 Å². The van der Waals surface area contributed by atoms with E-state index in [0.29, 0.717) is 31.9 Å². The van der Waals surface area contributed by atoms with E-state index in [1.165, 1.54) is 30.2 Å². The molecule has 0 bridgehead atoms. The molecule has 1 aromatic heterocycles. The predicted octanol–water partition coefficient (Wildman–Crippen LogP) is 2.96. The number of hydrogen-bond acceptors (Lipinski definition) is 4. The Morgan fingerprint density at radius 2 is 1.79 bits per heavy atom. The van der Waals surface area contributed by atoms with E-state index in [1.807, 2.05) is 0 Å². The highest BCUT2D eigenvalue weighted by Crippen LogP contribution is 2.38. The first-order valence-electron chi connectivity index (χ1n) is 9.08. The molecule has 1 aliphatic heterocycles. The molecule has 2 aromatic rings. The Kier molecular flexibility index (Phi) is 7.13. The van der Waals surface area contributed by atoms with Crippen molar-refractivity contribution in [1.82, 2.24) is 10.2 Å². The van der Waals surface area contributed by atoms with Crippen LogP contribution in [0.25, 0.3) is 11.1 Å². The average molecular weight is 454 g/mol.